The number of hydrogen-bond acceptors (Lipinski definition) is 5. The van der Waals surface area contributed by atoms with Crippen LogP contribution >= 0.6 is 11.8 Å². The lowest BCUT2D eigenvalue weighted by molar-refractivity contribution is -0.115. The molecule has 1 atom stereocenters. The second kappa shape index (κ2) is 10.1. The lowest BCUT2D eigenvalue weighted by Gasteiger charge is -2.13. The molecule has 0 fully saturated rings. The second-order valence-corrected chi connectivity index (χ2v) is 8.04. The third-order valence-corrected chi connectivity index (χ3v) is 5.74. The molecule has 2 aromatic carbocycles. The lowest BCUT2D eigenvalue weighted by Crippen LogP contribution is -2.23. The Morgan fingerprint density at radius 2 is 1.90 bits per heavy atom. The first-order valence-corrected chi connectivity index (χ1v) is 10.7. The number of nitrogens with one attached hydrogen (secondary N) is 1. The first-order valence-electron chi connectivity index (χ1n) is 9.80. The van der Waals surface area contributed by atoms with Crippen LogP contribution in [-0.4, -0.2) is 33.0 Å². The highest BCUT2D eigenvalue weighted by Crippen LogP contribution is 2.28. The van der Waals surface area contributed by atoms with Crippen molar-refractivity contribution in [2.45, 2.75) is 37.2 Å². The second-order valence-electron chi connectivity index (χ2n) is 6.73. The van der Waals surface area contributed by atoms with Crippen LogP contribution in [0.25, 0.3) is 11.4 Å². The molecule has 0 bridgehead atoms. The molecule has 1 heterocycles. The van der Waals surface area contributed by atoms with Gasteiger partial charge >= 0.3 is 0 Å². The van der Waals surface area contributed by atoms with Crippen LogP contribution in [0.1, 0.15) is 19.4 Å². The normalized spacial score (nSPS) is 11.7. The minimum Gasteiger partial charge on any atom is -0.497 e. The number of aryl methyl sites for hydroxylation is 1. The third kappa shape index (κ3) is 5.10. The molecule has 7 heteroatoms. The molecule has 0 spiro atoms. The number of anilines is 1. The van der Waals surface area contributed by atoms with Gasteiger partial charge in [-0.3, -0.25) is 9.36 Å². The van der Waals surface area contributed by atoms with Crippen molar-refractivity contribution in [2.24, 2.45) is 0 Å². The number of carbonyl (C=O) groups is 1. The van der Waals surface area contributed by atoms with Crippen LogP contribution in [-0.2, 0) is 17.8 Å². The van der Waals surface area contributed by atoms with E-state index in [4.69, 9.17) is 4.74 Å². The van der Waals surface area contributed by atoms with E-state index in [0.717, 1.165) is 29.2 Å². The number of carbonyl (C=O) groups excluding carboxylic acids is 1. The van der Waals surface area contributed by atoms with Gasteiger partial charge in [-0.1, -0.05) is 36.9 Å². The average Bonchev–Trinajstić information content (AvgIpc) is 3.16. The number of ether oxygens (including phenoxy) is 1. The fraction of sp³-hybridized carbons (Fsp3) is 0.261. The number of benzene rings is 2. The minimum atomic E-state index is -0.340. The van der Waals surface area contributed by atoms with E-state index >= 15 is 0 Å². The Hall–Kier alpha value is -3.06. The Morgan fingerprint density at radius 3 is 2.50 bits per heavy atom. The van der Waals surface area contributed by atoms with Crippen molar-refractivity contribution in [3.8, 4) is 17.1 Å². The molecule has 0 radical (unpaired) electrons. The predicted molar refractivity (Wildman–Crippen MR) is 122 cm³/mol. The van der Waals surface area contributed by atoms with Gasteiger partial charge in [0.25, 0.3) is 0 Å². The Balaban J connectivity index is 1.74. The molecular formula is C23H26N4O2S. The van der Waals surface area contributed by atoms with Crippen molar-refractivity contribution in [1.29, 1.82) is 0 Å². The molecule has 0 aliphatic carbocycles. The maximum absolute atomic E-state index is 12.7. The van der Waals surface area contributed by atoms with E-state index in [2.05, 4.69) is 29.0 Å². The molecule has 0 aliphatic heterocycles. The van der Waals surface area contributed by atoms with Gasteiger partial charge in [0, 0.05) is 17.8 Å². The Labute approximate surface area is 181 Å². The van der Waals surface area contributed by atoms with Crippen molar-refractivity contribution < 1.29 is 9.53 Å². The zero-order valence-electron chi connectivity index (χ0n) is 17.5. The first-order chi connectivity index (χ1) is 14.5. The van der Waals surface area contributed by atoms with Gasteiger partial charge in [-0.05, 0) is 55.3 Å². The molecule has 6 nitrogen and oxygen atoms in total. The molecule has 1 amide bonds. The van der Waals surface area contributed by atoms with E-state index in [-0.39, 0.29) is 11.2 Å². The molecule has 0 saturated heterocycles. The summed E-state index contributed by atoms with van der Waals surface area (Å²) in [6, 6.07) is 15.5. The van der Waals surface area contributed by atoms with Crippen molar-refractivity contribution in [2.75, 3.05) is 12.4 Å². The number of thioether (sulfide) groups is 1. The number of hydrogen-bond donors (Lipinski definition) is 1. The fourth-order valence-electron chi connectivity index (χ4n) is 2.90. The predicted octanol–water partition coefficient (Wildman–Crippen LogP) is 4.82. The zero-order valence-corrected chi connectivity index (χ0v) is 18.3. The summed E-state index contributed by atoms with van der Waals surface area (Å²) in [4.78, 5) is 12.7. The molecule has 30 heavy (non-hydrogen) atoms. The van der Waals surface area contributed by atoms with Crippen LogP contribution < -0.4 is 10.1 Å². The summed E-state index contributed by atoms with van der Waals surface area (Å²) in [5, 5.41) is 12.0. The summed E-state index contributed by atoms with van der Waals surface area (Å²) in [6.07, 6.45) is 2.76. The van der Waals surface area contributed by atoms with Crippen LogP contribution in [0.3, 0.4) is 0 Å². The summed E-state index contributed by atoms with van der Waals surface area (Å²) in [5.41, 5.74) is 2.94. The fourth-order valence-corrected chi connectivity index (χ4v) is 3.76. The smallest absolute Gasteiger partial charge is 0.237 e. The Bertz CT molecular complexity index is 997. The Kier molecular flexibility index (Phi) is 7.30. The van der Waals surface area contributed by atoms with E-state index in [1.807, 2.05) is 60.0 Å². The SMILES string of the molecule is C=CCn1c(S[C@@H](C)C(=O)Nc2ccc(CC)cc2)nnc1-c1ccc(OC)cc1. The van der Waals surface area contributed by atoms with E-state index < -0.39 is 0 Å². The number of rotatable bonds is 9. The van der Waals surface area contributed by atoms with Crippen LogP contribution in [0.4, 0.5) is 5.69 Å². The summed E-state index contributed by atoms with van der Waals surface area (Å²) >= 11 is 1.37. The van der Waals surface area contributed by atoms with Crippen LogP contribution in [0.2, 0.25) is 0 Å². The van der Waals surface area contributed by atoms with Gasteiger partial charge in [-0.15, -0.1) is 16.8 Å². The van der Waals surface area contributed by atoms with Crippen LogP contribution in [0, 0.1) is 0 Å². The highest BCUT2D eigenvalue weighted by atomic mass is 32.2. The molecule has 0 saturated carbocycles. The monoisotopic (exact) mass is 422 g/mol. The first kappa shape index (κ1) is 21.6. The van der Waals surface area contributed by atoms with E-state index in [9.17, 15) is 4.79 Å². The molecule has 156 valence electrons. The van der Waals surface area contributed by atoms with E-state index in [1.54, 1.807) is 13.2 Å². The summed E-state index contributed by atoms with van der Waals surface area (Å²) in [7, 11) is 1.63. The van der Waals surface area contributed by atoms with Gasteiger partial charge in [0.05, 0.1) is 12.4 Å². The number of methoxy groups -OCH3 is 1. The van der Waals surface area contributed by atoms with Gasteiger partial charge in [0.2, 0.25) is 5.91 Å². The van der Waals surface area contributed by atoms with Crippen LogP contribution in [0.15, 0.2) is 66.3 Å². The number of aromatic nitrogens is 3. The van der Waals surface area contributed by atoms with E-state index in [1.165, 1.54) is 17.3 Å². The maximum Gasteiger partial charge on any atom is 0.237 e. The Morgan fingerprint density at radius 1 is 1.20 bits per heavy atom. The minimum absolute atomic E-state index is 0.0802. The maximum atomic E-state index is 12.7. The van der Waals surface area contributed by atoms with Gasteiger partial charge in [0.1, 0.15) is 5.75 Å². The zero-order chi connectivity index (χ0) is 21.5. The molecule has 1 N–H and O–H groups in total. The van der Waals surface area contributed by atoms with Crippen LogP contribution in [0.5, 0.6) is 5.75 Å². The largest absolute Gasteiger partial charge is 0.497 e. The van der Waals surface area contributed by atoms with Crippen molar-refractivity contribution in [1.82, 2.24) is 14.8 Å². The van der Waals surface area contributed by atoms with Gasteiger partial charge < -0.3 is 10.1 Å². The van der Waals surface area contributed by atoms with E-state index in [0.29, 0.717) is 11.7 Å². The topological polar surface area (TPSA) is 69.0 Å². The molecule has 0 unspecified atom stereocenters. The van der Waals surface area contributed by atoms with Crippen molar-refractivity contribution >= 4 is 23.4 Å². The summed E-state index contributed by atoms with van der Waals surface area (Å²) < 4.78 is 7.18. The van der Waals surface area contributed by atoms with Gasteiger partial charge in [0.15, 0.2) is 11.0 Å². The number of allylic oxidation sites excluding steroid dienone is 1. The molecular weight excluding hydrogens is 396 g/mol. The van der Waals surface area contributed by atoms with Gasteiger partial charge in [-0.25, -0.2) is 0 Å². The lowest BCUT2D eigenvalue weighted by atomic mass is 10.1. The number of amides is 1. The highest BCUT2D eigenvalue weighted by Gasteiger charge is 2.20. The molecule has 3 rings (SSSR count). The molecule has 1 aromatic heterocycles. The average molecular weight is 423 g/mol. The standard InChI is InChI=1S/C23H26N4O2S/c1-5-15-27-21(18-9-13-20(29-4)14-10-18)25-26-23(27)30-16(3)22(28)24-19-11-7-17(6-2)8-12-19/h5,7-14,16H,1,6,15H2,2-4H3,(H,24,28)/t16-/m0/s1. The van der Waals surface area contributed by atoms with Crippen molar-refractivity contribution in [3.05, 3.63) is 66.7 Å². The molecule has 3 aromatic rings. The van der Waals surface area contributed by atoms with Gasteiger partial charge in [-0.2, -0.15) is 0 Å². The van der Waals surface area contributed by atoms with Crippen molar-refractivity contribution in [3.63, 3.8) is 0 Å². The summed E-state index contributed by atoms with van der Waals surface area (Å²) in [5.74, 6) is 1.42. The third-order valence-electron chi connectivity index (χ3n) is 4.66. The number of nitrogens with zero attached hydrogens (tertiary/aromatic N) is 3. The molecule has 0 aliphatic rings. The quantitative estimate of drug-likeness (QED) is 0.395. The highest BCUT2D eigenvalue weighted by molar-refractivity contribution is 8.00. The summed E-state index contributed by atoms with van der Waals surface area (Å²) in [6.45, 7) is 8.35.